The minimum atomic E-state index is 0.187. The summed E-state index contributed by atoms with van der Waals surface area (Å²) >= 11 is 6.66. The highest BCUT2D eigenvalue weighted by molar-refractivity contribution is 6.20. The summed E-state index contributed by atoms with van der Waals surface area (Å²) < 4.78 is 0. The molecule has 0 spiro atoms. The van der Waals surface area contributed by atoms with Crippen LogP contribution in [0.5, 0.6) is 0 Å². The number of hydrogen-bond acceptors (Lipinski definition) is 0. The van der Waals surface area contributed by atoms with Gasteiger partial charge in [-0.25, -0.2) is 0 Å². The molecule has 1 saturated carbocycles. The van der Waals surface area contributed by atoms with Gasteiger partial charge in [-0.1, -0.05) is 83.6 Å². The molecule has 20 heavy (non-hydrogen) atoms. The molecule has 1 fully saturated rings. The van der Waals surface area contributed by atoms with Crippen LogP contribution in [0.1, 0.15) is 82.2 Å². The van der Waals surface area contributed by atoms with Crippen molar-refractivity contribution in [3.63, 3.8) is 0 Å². The van der Waals surface area contributed by atoms with Crippen molar-refractivity contribution in [2.75, 3.05) is 0 Å². The highest BCUT2D eigenvalue weighted by Gasteiger charge is 2.19. The normalized spacial score (nSPS) is 19.6. The molecule has 0 saturated heterocycles. The van der Waals surface area contributed by atoms with Crippen molar-refractivity contribution in [2.45, 2.75) is 76.5 Å². The third-order valence-corrected chi connectivity index (χ3v) is 5.08. The monoisotopic (exact) mass is 292 g/mol. The zero-order chi connectivity index (χ0) is 14.6. The fraction of sp³-hybridized carbons (Fsp3) is 0.684. The molecule has 1 unspecified atom stereocenters. The van der Waals surface area contributed by atoms with E-state index in [2.05, 4.69) is 45.0 Å². The van der Waals surface area contributed by atoms with Gasteiger partial charge in [-0.2, -0.15) is 0 Å². The summed E-state index contributed by atoms with van der Waals surface area (Å²) in [6.07, 6.45) is 9.55. The number of benzene rings is 1. The van der Waals surface area contributed by atoms with Crippen LogP contribution < -0.4 is 0 Å². The lowest BCUT2D eigenvalue weighted by atomic mass is 9.86. The maximum atomic E-state index is 6.66. The maximum absolute atomic E-state index is 6.66. The van der Waals surface area contributed by atoms with Crippen LogP contribution in [0.2, 0.25) is 0 Å². The molecular formula is C19H29Cl. The zero-order valence-electron chi connectivity index (χ0n) is 13.3. The van der Waals surface area contributed by atoms with E-state index >= 15 is 0 Å². The van der Waals surface area contributed by atoms with Gasteiger partial charge in [-0.3, -0.25) is 0 Å². The molecule has 1 aliphatic rings. The Balaban J connectivity index is 1.96. The molecule has 0 bridgehead atoms. The second kappa shape index (κ2) is 6.98. The first-order valence-electron chi connectivity index (χ1n) is 8.21. The molecule has 1 aliphatic carbocycles. The lowest BCUT2D eigenvalue weighted by molar-refractivity contribution is 0.423. The average Bonchev–Trinajstić information content (AvgIpc) is 2.66. The van der Waals surface area contributed by atoms with Crippen molar-refractivity contribution in [2.24, 2.45) is 5.92 Å². The quantitative estimate of drug-likeness (QED) is 0.433. The van der Waals surface area contributed by atoms with E-state index in [9.17, 15) is 0 Å². The Morgan fingerprint density at radius 2 is 1.55 bits per heavy atom. The summed E-state index contributed by atoms with van der Waals surface area (Å²) in [6.45, 7) is 6.77. The Labute approximate surface area is 129 Å². The van der Waals surface area contributed by atoms with Gasteiger partial charge >= 0.3 is 0 Å². The van der Waals surface area contributed by atoms with Crippen LogP contribution in [0.3, 0.4) is 0 Å². The van der Waals surface area contributed by atoms with Crippen molar-refractivity contribution < 1.29 is 0 Å². The molecule has 0 heterocycles. The lowest BCUT2D eigenvalue weighted by Crippen LogP contribution is -2.11. The number of hydrogen-bond donors (Lipinski definition) is 0. The highest BCUT2D eigenvalue weighted by Crippen LogP contribution is 2.35. The topological polar surface area (TPSA) is 0 Å². The minimum Gasteiger partial charge on any atom is -0.118 e. The van der Waals surface area contributed by atoms with Crippen molar-refractivity contribution in [3.8, 4) is 0 Å². The first-order chi connectivity index (χ1) is 9.47. The summed E-state index contributed by atoms with van der Waals surface area (Å²) in [5.74, 6) is 0.835. The Kier molecular flexibility index (Phi) is 5.55. The van der Waals surface area contributed by atoms with Gasteiger partial charge in [-0.05, 0) is 28.9 Å². The summed E-state index contributed by atoms with van der Waals surface area (Å²) in [4.78, 5) is 0. The van der Waals surface area contributed by atoms with Gasteiger partial charge in [0.15, 0.2) is 0 Å². The molecule has 0 radical (unpaired) electrons. The Hall–Kier alpha value is -0.490. The maximum Gasteiger partial charge on any atom is 0.0587 e. The zero-order valence-corrected chi connectivity index (χ0v) is 14.0. The molecule has 2 rings (SSSR count). The van der Waals surface area contributed by atoms with E-state index in [4.69, 9.17) is 11.6 Å². The smallest absolute Gasteiger partial charge is 0.0587 e. The molecule has 0 aliphatic heterocycles. The van der Waals surface area contributed by atoms with Crippen LogP contribution in [0.15, 0.2) is 24.3 Å². The van der Waals surface area contributed by atoms with E-state index in [-0.39, 0.29) is 10.8 Å². The Morgan fingerprint density at radius 1 is 1.00 bits per heavy atom. The lowest BCUT2D eigenvalue weighted by Gasteiger charge is -2.21. The Morgan fingerprint density at radius 3 is 2.05 bits per heavy atom. The average molecular weight is 293 g/mol. The van der Waals surface area contributed by atoms with E-state index in [1.165, 1.54) is 49.7 Å². The standard InChI is InChI=1S/C19H29Cl/c1-19(2,3)17-12-10-16(11-13-17)18(20)14-15-8-6-4-5-7-9-15/h10-13,15,18H,4-9,14H2,1-3H3. The molecule has 0 aromatic heterocycles. The summed E-state index contributed by atoms with van der Waals surface area (Å²) in [5.41, 5.74) is 2.91. The van der Waals surface area contributed by atoms with Crippen molar-refractivity contribution >= 4 is 11.6 Å². The number of alkyl halides is 1. The summed E-state index contributed by atoms with van der Waals surface area (Å²) in [5, 5.41) is 0.187. The van der Waals surface area contributed by atoms with E-state index in [0.29, 0.717) is 0 Å². The van der Waals surface area contributed by atoms with Gasteiger partial charge in [-0.15, -0.1) is 11.6 Å². The third kappa shape index (κ3) is 4.52. The summed E-state index contributed by atoms with van der Waals surface area (Å²) in [6, 6.07) is 8.96. The van der Waals surface area contributed by atoms with Gasteiger partial charge in [0.25, 0.3) is 0 Å². The van der Waals surface area contributed by atoms with Crippen LogP contribution in [-0.2, 0) is 5.41 Å². The molecule has 1 aromatic carbocycles. The predicted molar refractivity (Wildman–Crippen MR) is 89.5 cm³/mol. The number of rotatable bonds is 3. The molecular weight excluding hydrogens is 264 g/mol. The molecule has 1 heteroatoms. The van der Waals surface area contributed by atoms with E-state index in [0.717, 1.165) is 12.3 Å². The van der Waals surface area contributed by atoms with Gasteiger partial charge in [0, 0.05) is 0 Å². The van der Waals surface area contributed by atoms with Gasteiger partial charge < -0.3 is 0 Å². The summed E-state index contributed by atoms with van der Waals surface area (Å²) in [7, 11) is 0. The van der Waals surface area contributed by atoms with Crippen LogP contribution in [0.25, 0.3) is 0 Å². The molecule has 1 aromatic rings. The molecule has 0 nitrogen and oxygen atoms in total. The largest absolute Gasteiger partial charge is 0.118 e. The van der Waals surface area contributed by atoms with Gasteiger partial charge in [0.2, 0.25) is 0 Å². The second-order valence-corrected chi connectivity index (χ2v) is 7.96. The first-order valence-corrected chi connectivity index (χ1v) is 8.65. The SMILES string of the molecule is CC(C)(C)c1ccc(C(Cl)CC2CCCCCC2)cc1. The van der Waals surface area contributed by atoms with Gasteiger partial charge in [0.05, 0.1) is 5.38 Å². The fourth-order valence-electron chi connectivity index (χ4n) is 3.22. The third-order valence-electron chi connectivity index (χ3n) is 4.65. The highest BCUT2D eigenvalue weighted by atomic mass is 35.5. The van der Waals surface area contributed by atoms with Crippen molar-refractivity contribution in [3.05, 3.63) is 35.4 Å². The minimum absolute atomic E-state index is 0.187. The van der Waals surface area contributed by atoms with Crippen LogP contribution in [0.4, 0.5) is 0 Å². The molecule has 112 valence electrons. The van der Waals surface area contributed by atoms with E-state index in [1.807, 2.05) is 0 Å². The van der Waals surface area contributed by atoms with E-state index in [1.54, 1.807) is 0 Å². The van der Waals surface area contributed by atoms with Gasteiger partial charge in [0.1, 0.15) is 0 Å². The van der Waals surface area contributed by atoms with Crippen LogP contribution >= 0.6 is 11.6 Å². The fourth-order valence-corrected chi connectivity index (χ4v) is 3.62. The number of halogens is 1. The van der Waals surface area contributed by atoms with E-state index < -0.39 is 0 Å². The Bertz CT molecular complexity index is 391. The van der Waals surface area contributed by atoms with Crippen LogP contribution in [0, 0.1) is 5.92 Å². The molecule has 0 amide bonds. The second-order valence-electron chi connectivity index (χ2n) is 7.43. The van der Waals surface area contributed by atoms with Crippen molar-refractivity contribution in [1.82, 2.24) is 0 Å². The first kappa shape index (κ1) is 15.9. The molecule has 0 N–H and O–H groups in total. The molecule has 1 atom stereocenters. The van der Waals surface area contributed by atoms with Crippen LogP contribution in [-0.4, -0.2) is 0 Å². The predicted octanol–water partition coefficient (Wildman–Crippen LogP) is 6.62. The van der Waals surface area contributed by atoms with Crippen molar-refractivity contribution in [1.29, 1.82) is 0 Å².